The molecule has 0 N–H and O–H groups in total. The van der Waals surface area contributed by atoms with Crippen molar-refractivity contribution in [3.63, 3.8) is 0 Å². The third-order valence-corrected chi connectivity index (χ3v) is 11.6. The van der Waals surface area contributed by atoms with Crippen LogP contribution >= 0.6 is 0 Å². The van der Waals surface area contributed by atoms with E-state index in [1.54, 1.807) is 0 Å². The van der Waals surface area contributed by atoms with E-state index in [1.165, 1.54) is 44.2 Å². The third-order valence-electron chi connectivity index (χ3n) is 11.6. The van der Waals surface area contributed by atoms with Gasteiger partial charge in [-0.15, -0.1) is 0 Å². The third kappa shape index (κ3) is 5.16. The molecule has 4 nitrogen and oxygen atoms in total. The summed E-state index contributed by atoms with van der Waals surface area (Å²) in [6, 6.07) is 68.5. The number of hydrogen-bond donors (Lipinski definition) is 0. The number of nitrogens with zero attached hydrogens (tertiary/aromatic N) is 4. The minimum absolute atomic E-state index is 0.696. The summed E-state index contributed by atoms with van der Waals surface area (Å²) in [7, 11) is 0. The van der Waals surface area contributed by atoms with E-state index in [4.69, 9.17) is 19.9 Å². The molecule has 0 spiro atoms. The van der Waals surface area contributed by atoms with Crippen LogP contribution in [0.1, 0.15) is 0 Å². The quantitative estimate of drug-likeness (QED) is 0.165. The van der Waals surface area contributed by atoms with E-state index >= 15 is 0 Å². The fourth-order valence-corrected chi connectivity index (χ4v) is 8.81. The summed E-state index contributed by atoms with van der Waals surface area (Å²) in [5, 5.41) is 5.75. The zero-order valence-electron chi connectivity index (χ0n) is 31.3. The molecule has 0 atom stereocenters. The van der Waals surface area contributed by atoms with Crippen LogP contribution in [0.5, 0.6) is 0 Å². The van der Waals surface area contributed by atoms with Gasteiger partial charge in [0.15, 0.2) is 5.82 Å². The van der Waals surface area contributed by atoms with Gasteiger partial charge in [0.1, 0.15) is 0 Å². The van der Waals surface area contributed by atoms with Crippen molar-refractivity contribution in [1.29, 1.82) is 0 Å². The molecule has 0 saturated heterocycles. The molecular formula is C54H32N4. The van der Waals surface area contributed by atoms with Crippen molar-refractivity contribution in [2.45, 2.75) is 0 Å². The molecule has 58 heavy (non-hydrogen) atoms. The molecule has 4 heteroatoms. The number of aromatic nitrogens is 4. The van der Waals surface area contributed by atoms with E-state index in [2.05, 4.69) is 164 Å². The minimum atomic E-state index is 0.696. The summed E-state index contributed by atoms with van der Waals surface area (Å²) in [6.45, 7) is 0. The normalized spacial score (nSPS) is 11.8. The smallest absolute Gasteiger partial charge is 0.160 e. The highest BCUT2D eigenvalue weighted by Gasteiger charge is 2.22. The van der Waals surface area contributed by atoms with Gasteiger partial charge >= 0.3 is 0 Å². The van der Waals surface area contributed by atoms with Crippen LogP contribution in [0.15, 0.2) is 194 Å². The molecule has 268 valence electrons. The Kier molecular flexibility index (Phi) is 7.20. The van der Waals surface area contributed by atoms with Crippen molar-refractivity contribution in [3.8, 4) is 78.5 Å². The molecule has 1 aliphatic carbocycles. The molecule has 11 aromatic rings. The Balaban J connectivity index is 0.909. The Hall–Kier alpha value is -7.82. The maximum atomic E-state index is 5.30. The van der Waals surface area contributed by atoms with Gasteiger partial charge < -0.3 is 0 Å². The predicted molar refractivity (Wildman–Crippen MR) is 239 cm³/mol. The van der Waals surface area contributed by atoms with Crippen LogP contribution in [-0.4, -0.2) is 19.9 Å². The van der Waals surface area contributed by atoms with Crippen LogP contribution in [0.3, 0.4) is 0 Å². The SMILES string of the molecule is c1ccc(-c2nc(-c3ccc(-c4ccc5ccc6ccc(-c7cccc(-c8ccc9c%10c(cccc8%10)-c8ccccc8-9)c7)nc6c5n4)cc3)nc3ccccc23)cc1. The number of pyridine rings is 2. The molecule has 0 radical (unpaired) electrons. The predicted octanol–water partition coefficient (Wildman–Crippen LogP) is 13.9. The van der Waals surface area contributed by atoms with Crippen LogP contribution in [0.4, 0.5) is 0 Å². The molecule has 3 aromatic heterocycles. The van der Waals surface area contributed by atoms with Crippen molar-refractivity contribution in [2.24, 2.45) is 0 Å². The van der Waals surface area contributed by atoms with Crippen LogP contribution in [-0.2, 0) is 0 Å². The largest absolute Gasteiger partial charge is 0.245 e. The Morgan fingerprint density at radius 3 is 1.62 bits per heavy atom. The topological polar surface area (TPSA) is 51.6 Å². The van der Waals surface area contributed by atoms with Gasteiger partial charge in [-0.3, -0.25) is 0 Å². The molecule has 12 rings (SSSR count). The lowest BCUT2D eigenvalue weighted by Crippen LogP contribution is -1.95. The number of fused-ring (bicyclic) bond motifs is 7. The monoisotopic (exact) mass is 736 g/mol. The molecular weight excluding hydrogens is 705 g/mol. The highest BCUT2D eigenvalue weighted by molar-refractivity contribution is 6.18. The Bertz CT molecular complexity index is 3420. The lowest BCUT2D eigenvalue weighted by molar-refractivity contribution is 1.23. The first-order valence-electron chi connectivity index (χ1n) is 19.6. The first-order chi connectivity index (χ1) is 28.7. The van der Waals surface area contributed by atoms with Crippen molar-refractivity contribution in [3.05, 3.63) is 194 Å². The van der Waals surface area contributed by atoms with Gasteiger partial charge in [0.2, 0.25) is 0 Å². The average Bonchev–Trinajstić information content (AvgIpc) is 3.63. The second-order valence-electron chi connectivity index (χ2n) is 15.0. The molecule has 0 amide bonds. The van der Waals surface area contributed by atoms with Crippen molar-refractivity contribution in [1.82, 2.24) is 19.9 Å². The minimum Gasteiger partial charge on any atom is -0.245 e. The second-order valence-corrected chi connectivity index (χ2v) is 15.0. The lowest BCUT2D eigenvalue weighted by Gasteiger charge is -2.12. The highest BCUT2D eigenvalue weighted by atomic mass is 14.9. The van der Waals surface area contributed by atoms with Crippen LogP contribution in [0, 0.1) is 0 Å². The summed E-state index contributed by atoms with van der Waals surface area (Å²) in [5.74, 6) is 0.696. The van der Waals surface area contributed by atoms with Crippen molar-refractivity contribution >= 4 is 43.5 Å². The van der Waals surface area contributed by atoms with E-state index in [-0.39, 0.29) is 0 Å². The maximum absolute atomic E-state index is 5.30. The van der Waals surface area contributed by atoms with Crippen LogP contribution < -0.4 is 0 Å². The van der Waals surface area contributed by atoms with Gasteiger partial charge in [0.25, 0.3) is 0 Å². The fourth-order valence-electron chi connectivity index (χ4n) is 8.81. The number of benzene rings is 8. The van der Waals surface area contributed by atoms with Gasteiger partial charge in [-0.2, -0.15) is 0 Å². The van der Waals surface area contributed by atoms with Crippen molar-refractivity contribution in [2.75, 3.05) is 0 Å². The van der Waals surface area contributed by atoms with E-state index in [0.717, 1.165) is 72.0 Å². The molecule has 3 heterocycles. The zero-order valence-corrected chi connectivity index (χ0v) is 31.3. The highest BCUT2D eigenvalue weighted by Crippen LogP contribution is 2.49. The number of para-hydroxylation sites is 1. The van der Waals surface area contributed by atoms with Gasteiger partial charge in [-0.25, -0.2) is 19.9 Å². The average molecular weight is 737 g/mol. The molecule has 0 aliphatic heterocycles. The number of hydrogen-bond acceptors (Lipinski definition) is 4. The fraction of sp³-hybridized carbons (Fsp3) is 0. The van der Waals surface area contributed by atoms with E-state index in [1.807, 2.05) is 30.3 Å². The Morgan fingerprint density at radius 2 is 0.845 bits per heavy atom. The van der Waals surface area contributed by atoms with E-state index < -0.39 is 0 Å². The summed E-state index contributed by atoms with van der Waals surface area (Å²) in [6.07, 6.45) is 0. The maximum Gasteiger partial charge on any atom is 0.160 e. The molecule has 8 aromatic carbocycles. The van der Waals surface area contributed by atoms with E-state index in [9.17, 15) is 0 Å². The lowest BCUT2D eigenvalue weighted by atomic mass is 9.93. The van der Waals surface area contributed by atoms with Crippen LogP contribution in [0.25, 0.3) is 122 Å². The number of rotatable bonds is 5. The molecule has 0 saturated carbocycles. The summed E-state index contributed by atoms with van der Waals surface area (Å²) >= 11 is 0. The molecule has 0 fully saturated rings. The van der Waals surface area contributed by atoms with Crippen LogP contribution in [0.2, 0.25) is 0 Å². The zero-order chi connectivity index (χ0) is 38.2. The van der Waals surface area contributed by atoms with Crippen molar-refractivity contribution < 1.29 is 0 Å². The van der Waals surface area contributed by atoms with Gasteiger partial charge in [0.05, 0.1) is 33.6 Å². The first kappa shape index (κ1) is 32.4. The standard InChI is InChI=1S/C54H32N4/c1-2-10-34(11-3-1)51-46-16-6-7-19-49(46)57-54(58-51)37-24-20-33(21-25-37)47-30-26-35-22-23-36-27-31-48(56-53(36)52(35)55-47)39-13-8-12-38(32-39)40-28-29-45-42-15-5-4-14-41(42)44-18-9-17-43(40)50(44)45/h1-32H. The summed E-state index contributed by atoms with van der Waals surface area (Å²) in [5.41, 5.74) is 17.2. The van der Waals surface area contributed by atoms with Gasteiger partial charge in [-0.05, 0) is 68.4 Å². The Morgan fingerprint density at radius 1 is 0.293 bits per heavy atom. The Labute approximate surface area is 334 Å². The molecule has 0 bridgehead atoms. The van der Waals surface area contributed by atoms with Gasteiger partial charge in [0, 0.05) is 38.4 Å². The summed E-state index contributed by atoms with van der Waals surface area (Å²) in [4.78, 5) is 20.6. The molecule has 0 unspecified atom stereocenters. The van der Waals surface area contributed by atoms with E-state index in [0.29, 0.717) is 5.82 Å². The summed E-state index contributed by atoms with van der Waals surface area (Å²) < 4.78 is 0. The first-order valence-corrected chi connectivity index (χ1v) is 19.6. The molecule has 1 aliphatic rings. The van der Waals surface area contributed by atoms with Gasteiger partial charge in [-0.1, -0.05) is 170 Å². The second kappa shape index (κ2) is 12.9.